The van der Waals surface area contributed by atoms with Crippen molar-refractivity contribution in [2.75, 3.05) is 5.32 Å². The first-order valence-corrected chi connectivity index (χ1v) is 5.22. The molecule has 78 valence electrons. The molecule has 1 atom stereocenters. The Morgan fingerprint density at radius 2 is 1.79 bits per heavy atom. The molecule has 14 heavy (non-hydrogen) atoms. The SMILES string of the molecule is CC(C)CCC(C)Nc1ncccn1. The summed E-state index contributed by atoms with van der Waals surface area (Å²) in [6, 6.07) is 2.27. The molecule has 1 rings (SSSR count). The van der Waals surface area contributed by atoms with Crippen LogP contribution in [0.4, 0.5) is 5.95 Å². The summed E-state index contributed by atoms with van der Waals surface area (Å²) in [7, 11) is 0. The van der Waals surface area contributed by atoms with E-state index in [2.05, 4.69) is 36.1 Å². The molecule has 0 amide bonds. The fourth-order valence-electron chi connectivity index (χ4n) is 1.25. The molecule has 3 heteroatoms. The zero-order chi connectivity index (χ0) is 10.4. The number of hydrogen-bond acceptors (Lipinski definition) is 3. The van der Waals surface area contributed by atoms with Gasteiger partial charge in [0.25, 0.3) is 0 Å². The predicted molar refractivity (Wildman–Crippen MR) is 59.2 cm³/mol. The number of nitrogens with zero attached hydrogens (tertiary/aromatic N) is 2. The fourth-order valence-corrected chi connectivity index (χ4v) is 1.25. The first-order chi connectivity index (χ1) is 6.68. The summed E-state index contributed by atoms with van der Waals surface area (Å²) in [4.78, 5) is 8.25. The van der Waals surface area contributed by atoms with Gasteiger partial charge >= 0.3 is 0 Å². The minimum atomic E-state index is 0.444. The highest BCUT2D eigenvalue weighted by Gasteiger charge is 2.04. The Morgan fingerprint density at radius 1 is 1.14 bits per heavy atom. The molecular formula is C11H19N3. The average molecular weight is 193 g/mol. The van der Waals surface area contributed by atoms with Crippen molar-refractivity contribution in [3.8, 4) is 0 Å². The maximum atomic E-state index is 4.12. The summed E-state index contributed by atoms with van der Waals surface area (Å²) in [5, 5.41) is 3.28. The topological polar surface area (TPSA) is 37.8 Å². The first-order valence-electron chi connectivity index (χ1n) is 5.22. The molecule has 0 aromatic carbocycles. The second kappa shape index (κ2) is 5.58. The molecule has 1 aromatic rings. The standard InChI is InChI=1S/C11H19N3/c1-9(2)5-6-10(3)14-11-12-7-4-8-13-11/h4,7-10H,5-6H2,1-3H3,(H,12,13,14). The number of hydrogen-bond donors (Lipinski definition) is 1. The van der Waals surface area contributed by atoms with Crippen LogP contribution >= 0.6 is 0 Å². The average Bonchev–Trinajstić information content (AvgIpc) is 2.16. The normalized spacial score (nSPS) is 12.9. The van der Waals surface area contributed by atoms with Gasteiger partial charge in [-0.25, -0.2) is 9.97 Å². The van der Waals surface area contributed by atoms with Crippen LogP contribution in [0.1, 0.15) is 33.6 Å². The van der Waals surface area contributed by atoms with Crippen molar-refractivity contribution >= 4 is 5.95 Å². The van der Waals surface area contributed by atoms with Crippen LogP contribution in [0.3, 0.4) is 0 Å². The number of aromatic nitrogens is 2. The lowest BCUT2D eigenvalue weighted by Crippen LogP contribution is -2.17. The van der Waals surface area contributed by atoms with E-state index in [1.807, 2.05) is 6.07 Å². The van der Waals surface area contributed by atoms with Crippen LogP contribution in [-0.2, 0) is 0 Å². The summed E-state index contributed by atoms with van der Waals surface area (Å²) in [5.74, 6) is 1.49. The van der Waals surface area contributed by atoms with Crippen LogP contribution in [0.5, 0.6) is 0 Å². The van der Waals surface area contributed by atoms with Gasteiger partial charge in [0.2, 0.25) is 5.95 Å². The lowest BCUT2D eigenvalue weighted by Gasteiger charge is -2.14. The third kappa shape index (κ3) is 4.21. The minimum Gasteiger partial charge on any atom is -0.352 e. The third-order valence-electron chi connectivity index (χ3n) is 2.12. The van der Waals surface area contributed by atoms with E-state index in [1.165, 1.54) is 6.42 Å². The van der Waals surface area contributed by atoms with E-state index in [0.717, 1.165) is 18.3 Å². The molecule has 0 saturated heterocycles. The van der Waals surface area contributed by atoms with E-state index in [0.29, 0.717) is 6.04 Å². The molecule has 0 aliphatic rings. The molecule has 1 unspecified atom stereocenters. The van der Waals surface area contributed by atoms with Crippen LogP contribution in [0.25, 0.3) is 0 Å². The van der Waals surface area contributed by atoms with Crippen LogP contribution in [0.2, 0.25) is 0 Å². The van der Waals surface area contributed by atoms with Crippen molar-refractivity contribution in [3.05, 3.63) is 18.5 Å². The molecule has 3 nitrogen and oxygen atoms in total. The Morgan fingerprint density at radius 3 is 2.36 bits per heavy atom. The van der Waals surface area contributed by atoms with Gasteiger partial charge in [-0.05, 0) is 31.7 Å². The van der Waals surface area contributed by atoms with E-state index in [4.69, 9.17) is 0 Å². The van der Waals surface area contributed by atoms with Gasteiger partial charge < -0.3 is 5.32 Å². The largest absolute Gasteiger partial charge is 0.352 e. The zero-order valence-electron chi connectivity index (χ0n) is 9.20. The summed E-state index contributed by atoms with van der Waals surface area (Å²) >= 11 is 0. The maximum absolute atomic E-state index is 4.12. The van der Waals surface area contributed by atoms with Gasteiger partial charge in [0.1, 0.15) is 0 Å². The lowest BCUT2D eigenvalue weighted by atomic mass is 10.0. The fraction of sp³-hybridized carbons (Fsp3) is 0.636. The number of anilines is 1. The Bertz CT molecular complexity index is 246. The molecule has 0 aliphatic heterocycles. The van der Waals surface area contributed by atoms with Crippen LogP contribution < -0.4 is 5.32 Å². The molecule has 0 fully saturated rings. The summed E-state index contributed by atoms with van der Waals surface area (Å²) in [6.45, 7) is 6.65. The van der Waals surface area contributed by atoms with E-state index in [-0.39, 0.29) is 0 Å². The van der Waals surface area contributed by atoms with Crippen molar-refractivity contribution in [1.29, 1.82) is 0 Å². The third-order valence-corrected chi connectivity index (χ3v) is 2.12. The van der Waals surface area contributed by atoms with Gasteiger partial charge in [-0.3, -0.25) is 0 Å². The Hall–Kier alpha value is -1.12. The quantitative estimate of drug-likeness (QED) is 0.781. The van der Waals surface area contributed by atoms with Gasteiger partial charge in [0.15, 0.2) is 0 Å². The summed E-state index contributed by atoms with van der Waals surface area (Å²) in [5.41, 5.74) is 0. The number of nitrogens with one attached hydrogen (secondary N) is 1. The van der Waals surface area contributed by atoms with Crippen LogP contribution in [-0.4, -0.2) is 16.0 Å². The van der Waals surface area contributed by atoms with Crippen molar-refractivity contribution in [3.63, 3.8) is 0 Å². The molecule has 0 saturated carbocycles. The molecule has 1 N–H and O–H groups in total. The molecule has 0 radical (unpaired) electrons. The molecule has 1 heterocycles. The molecule has 0 spiro atoms. The Labute approximate surface area is 86.0 Å². The molecular weight excluding hydrogens is 174 g/mol. The van der Waals surface area contributed by atoms with E-state index >= 15 is 0 Å². The highest BCUT2D eigenvalue weighted by molar-refractivity contribution is 5.23. The van der Waals surface area contributed by atoms with E-state index in [1.54, 1.807) is 12.4 Å². The van der Waals surface area contributed by atoms with Crippen LogP contribution in [0.15, 0.2) is 18.5 Å². The van der Waals surface area contributed by atoms with Gasteiger partial charge in [-0.2, -0.15) is 0 Å². The highest BCUT2D eigenvalue weighted by Crippen LogP contribution is 2.09. The van der Waals surface area contributed by atoms with Gasteiger partial charge in [-0.1, -0.05) is 13.8 Å². The van der Waals surface area contributed by atoms with Gasteiger partial charge in [0, 0.05) is 18.4 Å². The molecule has 0 bridgehead atoms. The number of rotatable bonds is 5. The van der Waals surface area contributed by atoms with Crippen molar-refractivity contribution < 1.29 is 0 Å². The van der Waals surface area contributed by atoms with Crippen molar-refractivity contribution in [2.24, 2.45) is 5.92 Å². The second-order valence-electron chi connectivity index (χ2n) is 4.09. The predicted octanol–water partition coefficient (Wildman–Crippen LogP) is 2.71. The smallest absolute Gasteiger partial charge is 0.222 e. The van der Waals surface area contributed by atoms with E-state index in [9.17, 15) is 0 Å². The van der Waals surface area contributed by atoms with Crippen molar-refractivity contribution in [2.45, 2.75) is 39.7 Å². The lowest BCUT2D eigenvalue weighted by molar-refractivity contribution is 0.526. The summed E-state index contributed by atoms with van der Waals surface area (Å²) < 4.78 is 0. The highest BCUT2D eigenvalue weighted by atomic mass is 15.1. The Kier molecular flexibility index (Phi) is 4.36. The maximum Gasteiger partial charge on any atom is 0.222 e. The second-order valence-corrected chi connectivity index (χ2v) is 4.09. The summed E-state index contributed by atoms with van der Waals surface area (Å²) in [6.07, 6.45) is 5.91. The van der Waals surface area contributed by atoms with Crippen molar-refractivity contribution in [1.82, 2.24) is 9.97 Å². The van der Waals surface area contributed by atoms with E-state index < -0.39 is 0 Å². The first kappa shape index (κ1) is 11.0. The van der Waals surface area contributed by atoms with Gasteiger partial charge in [-0.15, -0.1) is 0 Å². The monoisotopic (exact) mass is 193 g/mol. The zero-order valence-corrected chi connectivity index (χ0v) is 9.20. The minimum absolute atomic E-state index is 0.444. The Balaban J connectivity index is 2.30. The van der Waals surface area contributed by atoms with Gasteiger partial charge in [0.05, 0.1) is 0 Å². The van der Waals surface area contributed by atoms with Crippen LogP contribution in [0, 0.1) is 5.92 Å². The molecule has 0 aliphatic carbocycles. The molecule has 1 aromatic heterocycles.